The van der Waals surface area contributed by atoms with Gasteiger partial charge in [-0.25, -0.2) is 0 Å². The molecule has 0 aliphatic heterocycles. The van der Waals surface area contributed by atoms with Crippen molar-refractivity contribution in [1.29, 1.82) is 0 Å². The van der Waals surface area contributed by atoms with Crippen LogP contribution in [0.25, 0.3) is 0 Å². The second-order valence-corrected chi connectivity index (χ2v) is 5.07. The molecule has 0 radical (unpaired) electrons. The Balaban J connectivity index is 1.79. The number of hydrogen-bond donors (Lipinski definition) is 0. The molecule has 0 aliphatic carbocycles. The van der Waals surface area contributed by atoms with Crippen molar-refractivity contribution in [3.05, 3.63) is 47.9 Å². The summed E-state index contributed by atoms with van der Waals surface area (Å²) in [5.41, 5.74) is 1.01. The van der Waals surface area contributed by atoms with Gasteiger partial charge in [-0.15, -0.1) is 0 Å². The van der Waals surface area contributed by atoms with Crippen molar-refractivity contribution >= 4 is 0 Å². The van der Waals surface area contributed by atoms with E-state index in [0.717, 1.165) is 36.7 Å². The van der Waals surface area contributed by atoms with Crippen molar-refractivity contribution in [3.8, 4) is 0 Å². The lowest BCUT2D eigenvalue weighted by atomic mass is 10.1. The molecule has 0 amide bonds. The summed E-state index contributed by atoms with van der Waals surface area (Å²) in [6.45, 7) is 6.03. The number of rotatable bonds is 6. The van der Waals surface area contributed by atoms with Gasteiger partial charge < -0.3 is 9.32 Å². The standard InChI is InChI=1S/C15H21N3O/c1-12(15-5-4-13(2)19-15)6-9-18(3)11-14-10-16-7-8-17-14/h4-5,7-8,10,12H,6,9,11H2,1-3H3/t12-/m0/s1. The smallest absolute Gasteiger partial charge is 0.107 e. The van der Waals surface area contributed by atoms with Crippen molar-refractivity contribution in [2.45, 2.75) is 32.7 Å². The molecular formula is C15H21N3O. The number of aromatic nitrogens is 2. The molecule has 4 nitrogen and oxygen atoms in total. The molecule has 19 heavy (non-hydrogen) atoms. The Morgan fingerprint density at radius 3 is 2.79 bits per heavy atom. The molecule has 0 spiro atoms. The van der Waals surface area contributed by atoms with Gasteiger partial charge in [-0.1, -0.05) is 6.92 Å². The molecular weight excluding hydrogens is 238 g/mol. The maximum atomic E-state index is 5.65. The van der Waals surface area contributed by atoms with Crippen LogP contribution < -0.4 is 0 Å². The first-order valence-corrected chi connectivity index (χ1v) is 6.65. The Kier molecular flexibility index (Phi) is 4.68. The molecule has 2 aromatic rings. The van der Waals surface area contributed by atoms with Gasteiger partial charge in [-0.05, 0) is 39.1 Å². The molecule has 4 heteroatoms. The molecule has 0 bridgehead atoms. The quantitative estimate of drug-likeness (QED) is 0.799. The lowest BCUT2D eigenvalue weighted by Crippen LogP contribution is -2.21. The third-order valence-corrected chi connectivity index (χ3v) is 3.24. The van der Waals surface area contributed by atoms with E-state index in [1.807, 2.05) is 19.2 Å². The minimum atomic E-state index is 0.443. The summed E-state index contributed by atoms with van der Waals surface area (Å²) < 4.78 is 5.65. The van der Waals surface area contributed by atoms with Crippen LogP contribution in [0.2, 0.25) is 0 Å². The van der Waals surface area contributed by atoms with Gasteiger partial charge in [-0.2, -0.15) is 0 Å². The Morgan fingerprint density at radius 2 is 2.16 bits per heavy atom. The van der Waals surface area contributed by atoms with Crippen LogP contribution in [0, 0.1) is 6.92 Å². The van der Waals surface area contributed by atoms with Crippen molar-refractivity contribution in [3.63, 3.8) is 0 Å². The summed E-state index contributed by atoms with van der Waals surface area (Å²) in [6.07, 6.45) is 6.32. The van der Waals surface area contributed by atoms with Crippen LogP contribution in [-0.2, 0) is 6.54 Å². The maximum absolute atomic E-state index is 5.65. The van der Waals surface area contributed by atoms with Crippen LogP contribution in [-0.4, -0.2) is 28.5 Å². The predicted molar refractivity (Wildman–Crippen MR) is 74.8 cm³/mol. The van der Waals surface area contributed by atoms with Crippen LogP contribution >= 0.6 is 0 Å². The predicted octanol–water partition coefficient (Wildman–Crippen LogP) is 3.00. The van der Waals surface area contributed by atoms with Gasteiger partial charge in [0.05, 0.1) is 5.69 Å². The van der Waals surface area contributed by atoms with E-state index >= 15 is 0 Å². The van der Waals surface area contributed by atoms with E-state index in [0.29, 0.717) is 5.92 Å². The van der Waals surface area contributed by atoms with Gasteiger partial charge >= 0.3 is 0 Å². The highest BCUT2D eigenvalue weighted by atomic mass is 16.3. The highest BCUT2D eigenvalue weighted by Crippen LogP contribution is 2.21. The van der Waals surface area contributed by atoms with E-state index in [4.69, 9.17) is 4.42 Å². The first kappa shape index (κ1) is 13.7. The highest BCUT2D eigenvalue weighted by molar-refractivity contribution is 5.09. The van der Waals surface area contributed by atoms with Crippen LogP contribution in [0.15, 0.2) is 35.1 Å². The fraction of sp³-hybridized carbons (Fsp3) is 0.467. The largest absolute Gasteiger partial charge is 0.466 e. The molecule has 2 rings (SSSR count). The normalized spacial score (nSPS) is 12.8. The average Bonchev–Trinajstić information content (AvgIpc) is 2.84. The summed E-state index contributed by atoms with van der Waals surface area (Å²) in [4.78, 5) is 10.6. The molecule has 0 saturated heterocycles. The molecule has 0 N–H and O–H groups in total. The molecule has 0 fully saturated rings. The molecule has 0 saturated carbocycles. The second kappa shape index (κ2) is 6.48. The van der Waals surface area contributed by atoms with Crippen molar-refractivity contribution in [2.75, 3.05) is 13.6 Å². The third-order valence-electron chi connectivity index (χ3n) is 3.24. The van der Waals surface area contributed by atoms with Gasteiger partial charge in [0.15, 0.2) is 0 Å². The molecule has 102 valence electrons. The van der Waals surface area contributed by atoms with Gasteiger partial charge in [0, 0.05) is 31.1 Å². The molecule has 1 atom stereocenters. The Bertz CT molecular complexity index is 495. The minimum Gasteiger partial charge on any atom is -0.466 e. The molecule has 0 aromatic carbocycles. The first-order valence-electron chi connectivity index (χ1n) is 6.65. The van der Waals surface area contributed by atoms with E-state index in [1.165, 1.54) is 0 Å². The highest BCUT2D eigenvalue weighted by Gasteiger charge is 2.11. The lowest BCUT2D eigenvalue weighted by molar-refractivity contribution is 0.301. The number of aryl methyl sites for hydroxylation is 1. The summed E-state index contributed by atoms with van der Waals surface area (Å²) >= 11 is 0. The molecule has 0 aliphatic rings. The first-order chi connectivity index (χ1) is 9.15. The number of furan rings is 1. The Hall–Kier alpha value is -1.68. The van der Waals surface area contributed by atoms with Gasteiger partial charge in [0.1, 0.15) is 11.5 Å². The topological polar surface area (TPSA) is 42.2 Å². The SMILES string of the molecule is Cc1ccc([C@@H](C)CCN(C)Cc2cnccn2)o1. The van der Waals surface area contributed by atoms with E-state index < -0.39 is 0 Å². The number of nitrogens with zero attached hydrogens (tertiary/aromatic N) is 3. The van der Waals surface area contributed by atoms with Gasteiger partial charge in [-0.3, -0.25) is 9.97 Å². The summed E-state index contributed by atoms with van der Waals surface area (Å²) in [5.74, 6) is 2.50. The van der Waals surface area contributed by atoms with Crippen molar-refractivity contribution in [1.82, 2.24) is 14.9 Å². The van der Waals surface area contributed by atoms with Gasteiger partial charge in [0.2, 0.25) is 0 Å². The lowest BCUT2D eigenvalue weighted by Gasteiger charge is -2.17. The Labute approximate surface area is 114 Å². The third kappa shape index (κ3) is 4.17. The van der Waals surface area contributed by atoms with E-state index in [2.05, 4.69) is 34.9 Å². The summed E-state index contributed by atoms with van der Waals surface area (Å²) in [7, 11) is 2.11. The van der Waals surface area contributed by atoms with E-state index in [9.17, 15) is 0 Å². The van der Waals surface area contributed by atoms with Crippen LogP contribution in [0.1, 0.15) is 36.5 Å². The Morgan fingerprint density at radius 1 is 1.32 bits per heavy atom. The van der Waals surface area contributed by atoms with E-state index in [1.54, 1.807) is 12.4 Å². The molecule has 2 aromatic heterocycles. The summed E-state index contributed by atoms with van der Waals surface area (Å²) in [6, 6.07) is 4.10. The van der Waals surface area contributed by atoms with Crippen LogP contribution in [0.5, 0.6) is 0 Å². The van der Waals surface area contributed by atoms with Crippen LogP contribution in [0.3, 0.4) is 0 Å². The van der Waals surface area contributed by atoms with E-state index in [-0.39, 0.29) is 0 Å². The molecule has 2 heterocycles. The fourth-order valence-electron chi connectivity index (χ4n) is 2.04. The second-order valence-electron chi connectivity index (χ2n) is 5.07. The van der Waals surface area contributed by atoms with Gasteiger partial charge in [0.25, 0.3) is 0 Å². The van der Waals surface area contributed by atoms with Crippen molar-refractivity contribution < 1.29 is 4.42 Å². The molecule has 0 unspecified atom stereocenters. The fourth-order valence-corrected chi connectivity index (χ4v) is 2.04. The maximum Gasteiger partial charge on any atom is 0.107 e. The minimum absolute atomic E-state index is 0.443. The van der Waals surface area contributed by atoms with Crippen molar-refractivity contribution in [2.24, 2.45) is 0 Å². The average molecular weight is 259 g/mol. The van der Waals surface area contributed by atoms with Crippen LogP contribution in [0.4, 0.5) is 0 Å². The zero-order valence-electron chi connectivity index (χ0n) is 11.8. The monoisotopic (exact) mass is 259 g/mol. The zero-order valence-corrected chi connectivity index (χ0v) is 11.8. The summed E-state index contributed by atoms with van der Waals surface area (Å²) in [5, 5.41) is 0. The number of hydrogen-bond acceptors (Lipinski definition) is 4. The zero-order chi connectivity index (χ0) is 13.7.